The van der Waals surface area contributed by atoms with Gasteiger partial charge in [0.25, 0.3) is 0 Å². The first-order valence-electron chi connectivity index (χ1n) is 8.61. The molecule has 2 aromatic heterocycles. The van der Waals surface area contributed by atoms with Gasteiger partial charge in [-0.3, -0.25) is 0 Å². The molecule has 0 spiro atoms. The van der Waals surface area contributed by atoms with Crippen LogP contribution in [-0.2, 0) is 26.4 Å². The first kappa shape index (κ1) is 15.8. The molecule has 1 aromatic carbocycles. The normalized spacial score (nSPS) is 15.6. The number of thioether (sulfide) groups is 1. The fourth-order valence-corrected chi connectivity index (χ4v) is 4.57. The lowest BCUT2D eigenvalue weighted by molar-refractivity contribution is 0.178. The molecule has 4 nitrogen and oxygen atoms in total. The maximum Gasteiger partial charge on any atom is 0.167 e. The van der Waals surface area contributed by atoms with E-state index in [1.807, 2.05) is 17.8 Å². The monoisotopic (exact) mass is 341 g/mol. The van der Waals surface area contributed by atoms with Crippen LogP contribution in [0.4, 0.5) is 0 Å². The summed E-state index contributed by atoms with van der Waals surface area (Å²) < 4.78 is 4.35. The topological polar surface area (TPSA) is 43.0 Å². The van der Waals surface area contributed by atoms with E-state index in [1.165, 1.54) is 41.4 Å². The number of benzene rings is 1. The molecule has 0 radical (unpaired) electrons. The van der Waals surface area contributed by atoms with Gasteiger partial charge in [-0.05, 0) is 37.3 Å². The second kappa shape index (κ2) is 6.65. The number of aryl methyl sites for hydroxylation is 2. The van der Waals surface area contributed by atoms with E-state index in [0.717, 1.165) is 11.6 Å². The SMILES string of the molecule is Cn1ccnc1SCC(O)Cn1c2c(c3ccccc31)CCCC2. The van der Waals surface area contributed by atoms with E-state index in [-0.39, 0.29) is 6.10 Å². The number of imidazole rings is 1. The van der Waals surface area contributed by atoms with Gasteiger partial charge in [-0.1, -0.05) is 30.0 Å². The van der Waals surface area contributed by atoms with Gasteiger partial charge in [0.05, 0.1) is 6.10 Å². The summed E-state index contributed by atoms with van der Waals surface area (Å²) in [6.45, 7) is 0.660. The first-order valence-corrected chi connectivity index (χ1v) is 9.60. The maximum atomic E-state index is 10.6. The van der Waals surface area contributed by atoms with Gasteiger partial charge >= 0.3 is 0 Å². The van der Waals surface area contributed by atoms with E-state index in [9.17, 15) is 5.11 Å². The molecular formula is C19H23N3OS. The summed E-state index contributed by atoms with van der Waals surface area (Å²) in [5, 5.41) is 12.9. The smallest absolute Gasteiger partial charge is 0.167 e. The zero-order valence-electron chi connectivity index (χ0n) is 14.0. The van der Waals surface area contributed by atoms with Crippen molar-refractivity contribution in [3.05, 3.63) is 47.9 Å². The number of aromatic nitrogens is 3. The Bertz CT molecular complexity index is 852. The third-order valence-electron chi connectivity index (χ3n) is 4.86. The minimum Gasteiger partial charge on any atom is -0.390 e. The molecular weight excluding hydrogens is 318 g/mol. The summed E-state index contributed by atoms with van der Waals surface area (Å²) >= 11 is 1.61. The Kier molecular flexibility index (Phi) is 4.37. The minimum absolute atomic E-state index is 0.381. The van der Waals surface area contributed by atoms with Crippen LogP contribution < -0.4 is 0 Å². The molecule has 0 saturated carbocycles. The van der Waals surface area contributed by atoms with Gasteiger partial charge in [0.2, 0.25) is 0 Å². The lowest BCUT2D eigenvalue weighted by Crippen LogP contribution is -2.21. The lowest BCUT2D eigenvalue weighted by Gasteiger charge is -2.18. The molecule has 1 aliphatic carbocycles. The van der Waals surface area contributed by atoms with Crippen LogP contribution in [0, 0.1) is 0 Å². The molecule has 1 N–H and O–H groups in total. The number of hydrogen-bond donors (Lipinski definition) is 1. The number of hydrogen-bond acceptors (Lipinski definition) is 3. The highest BCUT2D eigenvalue weighted by molar-refractivity contribution is 7.99. The van der Waals surface area contributed by atoms with E-state index < -0.39 is 0 Å². The van der Waals surface area contributed by atoms with Crippen molar-refractivity contribution in [2.24, 2.45) is 7.05 Å². The highest BCUT2D eigenvalue weighted by Crippen LogP contribution is 2.32. The number of aliphatic hydroxyl groups excluding tert-OH is 1. The van der Waals surface area contributed by atoms with Crippen LogP contribution in [0.5, 0.6) is 0 Å². The van der Waals surface area contributed by atoms with Gasteiger partial charge in [0, 0.05) is 48.3 Å². The third kappa shape index (κ3) is 2.87. The first-order chi connectivity index (χ1) is 11.7. The number of nitrogens with zero attached hydrogens (tertiary/aromatic N) is 3. The van der Waals surface area contributed by atoms with Crippen LogP contribution >= 0.6 is 11.8 Å². The van der Waals surface area contributed by atoms with Crippen molar-refractivity contribution in [3.63, 3.8) is 0 Å². The van der Waals surface area contributed by atoms with Crippen molar-refractivity contribution in [3.8, 4) is 0 Å². The number of fused-ring (bicyclic) bond motifs is 3. The molecule has 0 fully saturated rings. The van der Waals surface area contributed by atoms with Gasteiger partial charge in [0.1, 0.15) is 0 Å². The summed E-state index contributed by atoms with van der Waals surface area (Å²) in [6.07, 6.45) is 8.17. The minimum atomic E-state index is -0.381. The molecule has 1 unspecified atom stereocenters. The molecule has 1 atom stereocenters. The average Bonchev–Trinajstić information content (AvgIpc) is 3.16. The highest BCUT2D eigenvalue weighted by Gasteiger charge is 2.21. The Labute approximate surface area is 146 Å². The van der Waals surface area contributed by atoms with E-state index in [0.29, 0.717) is 12.3 Å². The molecule has 0 bridgehead atoms. The van der Waals surface area contributed by atoms with Gasteiger partial charge in [-0.15, -0.1) is 0 Å². The van der Waals surface area contributed by atoms with E-state index in [4.69, 9.17) is 0 Å². The van der Waals surface area contributed by atoms with E-state index >= 15 is 0 Å². The summed E-state index contributed by atoms with van der Waals surface area (Å²) in [6, 6.07) is 8.63. The summed E-state index contributed by atoms with van der Waals surface area (Å²) in [5.41, 5.74) is 4.20. The van der Waals surface area contributed by atoms with E-state index in [2.05, 4.69) is 33.8 Å². The third-order valence-corrected chi connectivity index (χ3v) is 6.06. The van der Waals surface area contributed by atoms with Gasteiger partial charge in [-0.2, -0.15) is 0 Å². The van der Waals surface area contributed by atoms with Gasteiger partial charge < -0.3 is 14.2 Å². The fraction of sp³-hybridized carbons (Fsp3) is 0.421. The van der Waals surface area contributed by atoms with Crippen molar-refractivity contribution in [2.45, 2.75) is 43.5 Å². The predicted octanol–water partition coefficient (Wildman–Crippen LogP) is 3.41. The molecule has 0 amide bonds. The fourth-order valence-electron chi connectivity index (χ4n) is 3.72. The van der Waals surface area contributed by atoms with Crippen molar-refractivity contribution >= 4 is 22.7 Å². The summed E-state index contributed by atoms with van der Waals surface area (Å²) in [7, 11) is 1.98. The quantitative estimate of drug-likeness (QED) is 0.723. The Morgan fingerprint density at radius 2 is 2.08 bits per heavy atom. The Hall–Kier alpha value is -1.72. The van der Waals surface area contributed by atoms with Crippen molar-refractivity contribution < 1.29 is 5.11 Å². The van der Waals surface area contributed by atoms with Crippen LogP contribution in [0.3, 0.4) is 0 Å². The average molecular weight is 341 g/mol. The molecule has 2 heterocycles. The van der Waals surface area contributed by atoms with Crippen LogP contribution in [0.25, 0.3) is 10.9 Å². The molecule has 0 aliphatic heterocycles. The number of rotatable bonds is 5. The molecule has 24 heavy (non-hydrogen) atoms. The zero-order valence-corrected chi connectivity index (χ0v) is 14.8. The van der Waals surface area contributed by atoms with E-state index in [1.54, 1.807) is 18.0 Å². The summed E-state index contributed by atoms with van der Waals surface area (Å²) in [4.78, 5) is 4.31. The maximum absolute atomic E-state index is 10.6. The highest BCUT2D eigenvalue weighted by atomic mass is 32.2. The van der Waals surface area contributed by atoms with Gasteiger partial charge in [-0.25, -0.2) is 4.98 Å². The number of para-hydroxylation sites is 1. The Morgan fingerprint density at radius 1 is 1.25 bits per heavy atom. The molecule has 4 rings (SSSR count). The van der Waals surface area contributed by atoms with Crippen molar-refractivity contribution in [1.82, 2.24) is 14.1 Å². The predicted molar refractivity (Wildman–Crippen MR) is 98.5 cm³/mol. The summed E-state index contributed by atoms with van der Waals surface area (Å²) in [5.74, 6) is 0.659. The van der Waals surface area contributed by atoms with Crippen molar-refractivity contribution in [2.75, 3.05) is 5.75 Å². The zero-order chi connectivity index (χ0) is 16.5. The lowest BCUT2D eigenvalue weighted by atomic mass is 9.95. The van der Waals surface area contributed by atoms with Crippen LogP contribution in [0.2, 0.25) is 0 Å². The van der Waals surface area contributed by atoms with Crippen molar-refractivity contribution in [1.29, 1.82) is 0 Å². The van der Waals surface area contributed by atoms with Crippen LogP contribution in [0.15, 0.2) is 41.8 Å². The second-order valence-electron chi connectivity index (χ2n) is 6.55. The Balaban J connectivity index is 1.56. The second-order valence-corrected chi connectivity index (χ2v) is 7.53. The Morgan fingerprint density at radius 3 is 2.92 bits per heavy atom. The van der Waals surface area contributed by atoms with Crippen LogP contribution in [-0.4, -0.2) is 31.1 Å². The van der Waals surface area contributed by atoms with Crippen LogP contribution in [0.1, 0.15) is 24.1 Å². The molecule has 3 aromatic rings. The molecule has 126 valence electrons. The standard InChI is InChI=1S/C19H23N3OS/c1-21-11-10-20-19(21)24-13-14(23)12-22-17-8-4-2-6-15(17)16-7-3-5-9-18(16)22/h2,4,6,8,10-11,14,23H,3,5,7,9,12-13H2,1H3. The van der Waals surface area contributed by atoms with Gasteiger partial charge in [0.15, 0.2) is 5.16 Å². The molecule has 1 aliphatic rings. The molecule has 0 saturated heterocycles. The molecule has 5 heteroatoms. The largest absolute Gasteiger partial charge is 0.390 e. The number of aliphatic hydroxyl groups is 1.